The maximum atomic E-state index is 5.35. The fourth-order valence-electron chi connectivity index (χ4n) is 0.997. The number of hydrogen-bond acceptors (Lipinski definition) is 4. The van der Waals surface area contributed by atoms with Gasteiger partial charge in [-0.15, -0.1) is 6.58 Å². The summed E-state index contributed by atoms with van der Waals surface area (Å²) in [5.74, 6) is 6.05. The van der Waals surface area contributed by atoms with Crippen molar-refractivity contribution < 1.29 is 0 Å². The molecule has 70 valence electrons. The van der Waals surface area contributed by atoms with Gasteiger partial charge in [0.25, 0.3) is 0 Å². The van der Waals surface area contributed by atoms with Crippen LogP contribution in [0.15, 0.2) is 25.0 Å². The summed E-state index contributed by atoms with van der Waals surface area (Å²) in [6, 6.07) is -0.0434. The van der Waals surface area contributed by atoms with Crippen molar-refractivity contribution in [2.24, 2.45) is 5.84 Å². The number of rotatable bonds is 4. The molecule has 1 atom stereocenters. The summed E-state index contributed by atoms with van der Waals surface area (Å²) in [4.78, 5) is 8.33. The van der Waals surface area contributed by atoms with Gasteiger partial charge in [-0.05, 0) is 18.9 Å². The van der Waals surface area contributed by atoms with Gasteiger partial charge in [0.2, 0.25) is 0 Å². The lowest BCUT2D eigenvalue weighted by atomic mass is 10.2. The van der Waals surface area contributed by atoms with E-state index in [-0.39, 0.29) is 6.04 Å². The maximum Gasteiger partial charge on any atom is 0.146 e. The van der Waals surface area contributed by atoms with E-state index in [0.717, 1.165) is 12.0 Å². The Morgan fingerprint density at radius 3 is 2.69 bits per heavy atom. The van der Waals surface area contributed by atoms with Crippen LogP contribution in [0.5, 0.6) is 0 Å². The molecule has 0 fully saturated rings. The van der Waals surface area contributed by atoms with Crippen molar-refractivity contribution in [1.82, 2.24) is 15.4 Å². The number of nitrogens with zero attached hydrogens (tertiary/aromatic N) is 2. The molecule has 4 heteroatoms. The van der Waals surface area contributed by atoms with Gasteiger partial charge < -0.3 is 0 Å². The zero-order valence-electron chi connectivity index (χ0n) is 7.70. The Balaban J connectivity index is 2.78. The van der Waals surface area contributed by atoms with Gasteiger partial charge in [-0.25, -0.2) is 15.4 Å². The normalized spacial score (nSPS) is 12.5. The van der Waals surface area contributed by atoms with Crippen LogP contribution in [0.25, 0.3) is 0 Å². The molecule has 0 bridgehead atoms. The van der Waals surface area contributed by atoms with Crippen LogP contribution in [-0.4, -0.2) is 9.97 Å². The van der Waals surface area contributed by atoms with Crippen molar-refractivity contribution >= 4 is 0 Å². The number of aromatic nitrogens is 2. The summed E-state index contributed by atoms with van der Waals surface area (Å²) in [7, 11) is 0. The van der Waals surface area contributed by atoms with Crippen LogP contribution in [0, 0.1) is 6.92 Å². The van der Waals surface area contributed by atoms with Gasteiger partial charge in [-0.1, -0.05) is 6.08 Å². The van der Waals surface area contributed by atoms with E-state index < -0.39 is 0 Å². The third-order valence-corrected chi connectivity index (χ3v) is 1.72. The van der Waals surface area contributed by atoms with Gasteiger partial charge >= 0.3 is 0 Å². The first-order valence-corrected chi connectivity index (χ1v) is 4.13. The molecule has 0 saturated heterocycles. The minimum atomic E-state index is -0.0434. The van der Waals surface area contributed by atoms with Crippen molar-refractivity contribution in [3.63, 3.8) is 0 Å². The highest BCUT2D eigenvalue weighted by Gasteiger charge is 2.09. The van der Waals surface area contributed by atoms with Crippen LogP contribution in [0.3, 0.4) is 0 Å². The van der Waals surface area contributed by atoms with Crippen molar-refractivity contribution in [3.8, 4) is 0 Å². The van der Waals surface area contributed by atoms with Crippen LogP contribution in [0.4, 0.5) is 0 Å². The minimum Gasteiger partial charge on any atom is -0.271 e. The second kappa shape index (κ2) is 4.69. The number of hydrazine groups is 1. The van der Waals surface area contributed by atoms with E-state index in [2.05, 4.69) is 22.0 Å². The number of nitrogens with one attached hydrogen (secondary N) is 1. The Labute approximate surface area is 77.9 Å². The molecule has 0 aliphatic rings. The summed E-state index contributed by atoms with van der Waals surface area (Å²) in [6.45, 7) is 5.59. The van der Waals surface area contributed by atoms with Gasteiger partial charge in [0.05, 0.1) is 6.04 Å². The standard InChI is InChI=1S/C9H14N4/c1-3-4-8(13-10)9-11-5-7(2)6-12-9/h3,5-6,8,13H,1,4,10H2,2H3. The van der Waals surface area contributed by atoms with Crippen molar-refractivity contribution in [1.29, 1.82) is 0 Å². The van der Waals surface area contributed by atoms with E-state index in [1.165, 1.54) is 0 Å². The predicted octanol–water partition coefficient (Wildman–Crippen LogP) is 0.866. The highest BCUT2D eigenvalue weighted by Crippen LogP contribution is 2.10. The van der Waals surface area contributed by atoms with Gasteiger partial charge in [0.15, 0.2) is 0 Å². The molecule has 1 aromatic rings. The Morgan fingerprint density at radius 1 is 1.62 bits per heavy atom. The molecule has 1 heterocycles. The van der Waals surface area contributed by atoms with Crippen molar-refractivity contribution in [3.05, 3.63) is 36.4 Å². The van der Waals surface area contributed by atoms with E-state index in [4.69, 9.17) is 5.84 Å². The Morgan fingerprint density at radius 2 is 2.23 bits per heavy atom. The summed E-state index contributed by atoms with van der Waals surface area (Å²) >= 11 is 0. The molecule has 13 heavy (non-hydrogen) atoms. The van der Waals surface area contributed by atoms with Gasteiger partial charge in [-0.3, -0.25) is 5.84 Å². The first-order chi connectivity index (χ1) is 6.27. The van der Waals surface area contributed by atoms with E-state index in [1.807, 2.05) is 6.92 Å². The highest BCUT2D eigenvalue weighted by atomic mass is 15.2. The van der Waals surface area contributed by atoms with Crippen LogP contribution in [0.1, 0.15) is 23.9 Å². The molecule has 0 aliphatic carbocycles. The van der Waals surface area contributed by atoms with E-state index in [9.17, 15) is 0 Å². The third-order valence-electron chi connectivity index (χ3n) is 1.72. The molecule has 0 aromatic carbocycles. The molecule has 0 aliphatic heterocycles. The van der Waals surface area contributed by atoms with Crippen molar-refractivity contribution in [2.75, 3.05) is 0 Å². The predicted molar refractivity (Wildman–Crippen MR) is 51.6 cm³/mol. The zero-order chi connectivity index (χ0) is 9.68. The zero-order valence-corrected chi connectivity index (χ0v) is 7.70. The lowest BCUT2D eigenvalue weighted by Gasteiger charge is -2.11. The molecular weight excluding hydrogens is 164 g/mol. The molecule has 1 unspecified atom stereocenters. The topological polar surface area (TPSA) is 63.8 Å². The Hall–Kier alpha value is -1.26. The average molecular weight is 178 g/mol. The quantitative estimate of drug-likeness (QED) is 0.408. The Bertz CT molecular complexity index is 267. The fraction of sp³-hybridized carbons (Fsp3) is 0.333. The smallest absolute Gasteiger partial charge is 0.146 e. The first kappa shape index (κ1) is 9.83. The lowest BCUT2D eigenvalue weighted by molar-refractivity contribution is 0.531. The molecule has 4 nitrogen and oxygen atoms in total. The van der Waals surface area contributed by atoms with Crippen LogP contribution >= 0.6 is 0 Å². The van der Waals surface area contributed by atoms with E-state index in [0.29, 0.717) is 5.82 Å². The molecule has 0 radical (unpaired) electrons. The van der Waals surface area contributed by atoms with Crippen LogP contribution in [-0.2, 0) is 0 Å². The molecule has 0 saturated carbocycles. The van der Waals surface area contributed by atoms with E-state index >= 15 is 0 Å². The fourth-order valence-corrected chi connectivity index (χ4v) is 0.997. The molecule has 3 N–H and O–H groups in total. The second-order valence-electron chi connectivity index (χ2n) is 2.86. The monoisotopic (exact) mass is 178 g/mol. The molecular formula is C9H14N4. The molecule has 0 amide bonds. The first-order valence-electron chi connectivity index (χ1n) is 4.13. The van der Waals surface area contributed by atoms with E-state index in [1.54, 1.807) is 18.5 Å². The minimum absolute atomic E-state index is 0.0434. The number of aryl methyl sites for hydroxylation is 1. The molecule has 1 aromatic heterocycles. The van der Waals surface area contributed by atoms with Crippen LogP contribution in [0.2, 0.25) is 0 Å². The molecule has 1 rings (SSSR count). The number of hydrogen-bond donors (Lipinski definition) is 2. The third kappa shape index (κ3) is 2.61. The van der Waals surface area contributed by atoms with Crippen LogP contribution < -0.4 is 11.3 Å². The summed E-state index contributed by atoms with van der Waals surface area (Å²) < 4.78 is 0. The average Bonchev–Trinajstić information content (AvgIpc) is 2.16. The number of nitrogens with two attached hydrogens (primary N) is 1. The largest absolute Gasteiger partial charge is 0.271 e. The summed E-state index contributed by atoms with van der Waals surface area (Å²) in [5, 5.41) is 0. The Kier molecular flexibility index (Phi) is 3.54. The lowest BCUT2D eigenvalue weighted by Crippen LogP contribution is -2.29. The van der Waals surface area contributed by atoms with Crippen molar-refractivity contribution in [2.45, 2.75) is 19.4 Å². The summed E-state index contributed by atoms with van der Waals surface area (Å²) in [5.41, 5.74) is 3.68. The molecule has 0 spiro atoms. The van der Waals surface area contributed by atoms with Gasteiger partial charge in [0.1, 0.15) is 5.82 Å². The SMILES string of the molecule is C=CCC(NN)c1ncc(C)cn1. The van der Waals surface area contributed by atoms with Gasteiger partial charge in [-0.2, -0.15) is 0 Å². The summed E-state index contributed by atoms with van der Waals surface area (Å²) in [6.07, 6.45) is 6.05. The van der Waals surface area contributed by atoms with Gasteiger partial charge in [0, 0.05) is 12.4 Å². The highest BCUT2D eigenvalue weighted by molar-refractivity contribution is 5.05. The second-order valence-corrected chi connectivity index (χ2v) is 2.86. The maximum absolute atomic E-state index is 5.35.